The van der Waals surface area contributed by atoms with E-state index in [1.54, 1.807) is 11.9 Å². The maximum Gasteiger partial charge on any atom is 0.274 e. The predicted octanol–water partition coefficient (Wildman–Crippen LogP) is 4.21. The van der Waals surface area contributed by atoms with Crippen molar-refractivity contribution < 1.29 is 9.21 Å². The molecule has 4 aromatic rings. The predicted molar refractivity (Wildman–Crippen MR) is 101 cm³/mol. The first-order valence-electron chi connectivity index (χ1n) is 8.64. The molecule has 0 spiro atoms. The monoisotopic (exact) mass is 345 g/mol. The third-order valence-corrected chi connectivity index (χ3v) is 4.51. The largest absolute Gasteiger partial charge is 0.461 e. The number of aryl methyl sites for hydroxylation is 1. The number of amides is 1. The number of furan rings is 1. The zero-order valence-corrected chi connectivity index (χ0v) is 14.8. The third-order valence-electron chi connectivity index (χ3n) is 4.51. The molecule has 0 saturated carbocycles. The van der Waals surface area contributed by atoms with Gasteiger partial charge in [0.25, 0.3) is 5.91 Å². The molecule has 26 heavy (non-hydrogen) atoms. The summed E-state index contributed by atoms with van der Waals surface area (Å²) < 4.78 is 5.93. The Morgan fingerprint density at radius 2 is 1.81 bits per heavy atom. The molecule has 0 radical (unpaired) electrons. The highest BCUT2D eigenvalue weighted by Crippen LogP contribution is 2.27. The van der Waals surface area contributed by atoms with Crippen LogP contribution in [0.2, 0.25) is 0 Å². The van der Waals surface area contributed by atoms with Crippen molar-refractivity contribution in [3.63, 3.8) is 0 Å². The molecule has 0 aliphatic heterocycles. The molecule has 0 atom stereocenters. The van der Waals surface area contributed by atoms with Crippen LogP contribution >= 0.6 is 0 Å². The smallest absolute Gasteiger partial charge is 0.274 e. The number of para-hydroxylation sites is 3. The molecule has 0 saturated heterocycles. The molecule has 2 aromatic carbocycles. The van der Waals surface area contributed by atoms with E-state index >= 15 is 0 Å². The van der Waals surface area contributed by atoms with Gasteiger partial charge in [0.15, 0.2) is 0 Å². The maximum atomic E-state index is 12.8. The van der Waals surface area contributed by atoms with Crippen molar-refractivity contribution in [2.24, 2.45) is 0 Å². The van der Waals surface area contributed by atoms with E-state index in [-0.39, 0.29) is 5.91 Å². The minimum absolute atomic E-state index is 0.157. The van der Waals surface area contributed by atoms with Crippen LogP contribution in [-0.2, 0) is 13.0 Å². The number of hydrogen-bond donors (Lipinski definition) is 0. The van der Waals surface area contributed by atoms with Gasteiger partial charge in [-0.1, -0.05) is 37.3 Å². The van der Waals surface area contributed by atoms with E-state index in [0.29, 0.717) is 12.2 Å². The Bertz CT molecular complexity index is 1100. The molecule has 0 aliphatic rings. The summed E-state index contributed by atoms with van der Waals surface area (Å²) in [6, 6.07) is 15.5. The van der Waals surface area contributed by atoms with Crippen LogP contribution in [0.4, 0.5) is 0 Å². The number of carbonyl (C=O) groups excluding carboxylic acids is 1. The Labute approximate surface area is 151 Å². The number of fused-ring (bicyclic) bond motifs is 2. The van der Waals surface area contributed by atoms with Crippen molar-refractivity contribution in [1.29, 1.82) is 0 Å². The fraction of sp³-hybridized carbons (Fsp3) is 0.190. The van der Waals surface area contributed by atoms with E-state index in [0.717, 1.165) is 39.7 Å². The second-order valence-corrected chi connectivity index (χ2v) is 6.26. The van der Waals surface area contributed by atoms with Gasteiger partial charge >= 0.3 is 0 Å². The number of rotatable bonds is 4. The van der Waals surface area contributed by atoms with Gasteiger partial charge < -0.3 is 9.32 Å². The molecule has 5 nitrogen and oxygen atoms in total. The molecule has 2 aromatic heterocycles. The van der Waals surface area contributed by atoms with Crippen LogP contribution in [0.3, 0.4) is 0 Å². The van der Waals surface area contributed by atoms with Gasteiger partial charge in [0, 0.05) is 31.0 Å². The number of benzene rings is 2. The van der Waals surface area contributed by atoms with Gasteiger partial charge in [-0.2, -0.15) is 0 Å². The highest BCUT2D eigenvalue weighted by Gasteiger charge is 2.19. The SMILES string of the molecule is CCc1oc2ccccc2c1CN(C)C(=O)c1cnc2ccccc2n1. The molecular weight excluding hydrogens is 326 g/mol. The summed E-state index contributed by atoms with van der Waals surface area (Å²) in [6.45, 7) is 2.52. The van der Waals surface area contributed by atoms with E-state index in [4.69, 9.17) is 4.42 Å². The highest BCUT2D eigenvalue weighted by molar-refractivity contribution is 5.94. The topological polar surface area (TPSA) is 59.2 Å². The van der Waals surface area contributed by atoms with Crippen molar-refractivity contribution in [3.8, 4) is 0 Å². The van der Waals surface area contributed by atoms with Crippen molar-refractivity contribution in [1.82, 2.24) is 14.9 Å². The van der Waals surface area contributed by atoms with Gasteiger partial charge in [-0.3, -0.25) is 9.78 Å². The number of nitrogens with zero attached hydrogens (tertiary/aromatic N) is 3. The standard InChI is InChI=1S/C21H19N3O2/c1-3-19-15(14-8-4-7-11-20(14)26-19)13-24(2)21(25)18-12-22-16-9-5-6-10-17(16)23-18/h4-12H,3,13H2,1-2H3. The van der Waals surface area contributed by atoms with Gasteiger partial charge in [0.1, 0.15) is 17.0 Å². The Morgan fingerprint density at radius 1 is 1.08 bits per heavy atom. The number of aromatic nitrogens is 2. The van der Waals surface area contributed by atoms with Crippen molar-refractivity contribution in [3.05, 3.63) is 71.7 Å². The fourth-order valence-electron chi connectivity index (χ4n) is 3.17. The molecule has 1 amide bonds. The second-order valence-electron chi connectivity index (χ2n) is 6.26. The summed E-state index contributed by atoms with van der Waals surface area (Å²) in [5, 5.41) is 1.05. The third kappa shape index (κ3) is 2.81. The summed E-state index contributed by atoms with van der Waals surface area (Å²) >= 11 is 0. The molecule has 0 aliphatic carbocycles. The lowest BCUT2D eigenvalue weighted by atomic mass is 10.1. The van der Waals surface area contributed by atoms with Crippen LogP contribution in [-0.4, -0.2) is 27.8 Å². The van der Waals surface area contributed by atoms with Gasteiger partial charge in [-0.25, -0.2) is 4.98 Å². The van der Waals surface area contributed by atoms with Crippen molar-refractivity contribution in [2.75, 3.05) is 7.05 Å². The first-order chi connectivity index (χ1) is 12.7. The Morgan fingerprint density at radius 3 is 2.62 bits per heavy atom. The summed E-state index contributed by atoms with van der Waals surface area (Å²) in [7, 11) is 1.78. The highest BCUT2D eigenvalue weighted by atomic mass is 16.3. The Kier molecular flexibility index (Phi) is 4.13. The maximum absolute atomic E-state index is 12.8. The lowest BCUT2D eigenvalue weighted by molar-refractivity contribution is 0.0779. The van der Waals surface area contributed by atoms with Gasteiger partial charge in [0.05, 0.1) is 17.2 Å². The van der Waals surface area contributed by atoms with E-state index in [2.05, 4.69) is 16.9 Å². The first-order valence-corrected chi connectivity index (χ1v) is 8.64. The molecule has 0 unspecified atom stereocenters. The molecule has 0 fully saturated rings. The Balaban J connectivity index is 1.65. The molecule has 130 valence electrons. The van der Waals surface area contributed by atoms with Gasteiger partial charge in [-0.15, -0.1) is 0 Å². The molecule has 0 bridgehead atoms. The number of carbonyl (C=O) groups is 1. The first kappa shape index (κ1) is 16.3. The van der Waals surface area contributed by atoms with Crippen LogP contribution in [0.5, 0.6) is 0 Å². The Hall–Kier alpha value is -3.21. The quantitative estimate of drug-likeness (QED) is 0.556. The second kappa shape index (κ2) is 6.59. The average molecular weight is 345 g/mol. The summed E-state index contributed by atoms with van der Waals surface area (Å²) in [5.74, 6) is 0.756. The van der Waals surface area contributed by atoms with E-state index in [1.807, 2.05) is 48.5 Å². The minimum atomic E-state index is -0.157. The molecule has 4 rings (SSSR count). The summed E-state index contributed by atoms with van der Waals surface area (Å²) in [4.78, 5) is 23.3. The van der Waals surface area contributed by atoms with E-state index in [1.165, 1.54) is 6.20 Å². The number of hydrogen-bond acceptors (Lipinski definition) is 4. The van der Waals surface area contributed by atoms with E-state index < -0.39 is 0 Å². The fourth-order valence-corrected chi connectivity index (χ4v) is 3.17. The lowest BCUT2D eigenvalue weighted by Gasteiger charge is -2.17. The van der Waals surface area contributed by atoms with Crippen molar-refractivity contribution in [2.45, 2.75) is 19.9 Å². The molecule has 5 heteroatoms. The van der Waals surface area contributed by atoms with Crippen LogP contribution in [0.25, 0.3) is 22.0 Å². The van der Waals surface area contributed by atoms with E-state index in [9.17, 15) is 4.79 Å². The minimum Gasteiger partial charge on any atom is -0.461 e. The molecular formula is C21H19N3O2. The van der Waals surface area contributed by atoms with Crippen LogP contribution < -0.4 is 0 Å². The summed E-state index contributed by atoms with van der Waals surface area (Å²) in [5.41, 5.74) is 3.74. The van der Waals surface area contributed by atoms with Gasteiger partial charge in [-0.05, 0) is 18.2 Å². The zero-order chi connectivity index (χ0) is 18.1. The van der Waals surface area contributed by atoms with Crippen LogP contribution in [0.1, 0.15) is 28.7 Å². The van der Waals surface area contributed by atoms with Crippen molar-refractivity contribution >= 4 is 27.9 Å². The van der Waals surface area contributed by atoms with Crippen LogP contribution in [0, 0.1) is 0 Å². The summed E-state index contributed by atoms with van der Waals surface area (Å²) in [6.07, 6.45) is 2.32. The molecule has 0 N–H and O–H groups in total. The molecule has 2 heterocycles. The van der Waals surface area contributed by atoms with Crippen LogP contribution in [0.15, 0.2) is 59.1 Å². The lowest BCUT2D eigenvalue weighted by Crippen LogP contribution is -2.27. The zero-order valence-electron chi connectivity index (χ0n) is 14.8. The average Bonchev–Trinajstić information content (AvgIpc) is 3.04. The van der Waals surface area contributed by atoms with Gasteiger partial charge in [0.2, 0.25) is 0 Å². The normalized spacial score (nSPS) is 11.2.